The predicted octanol–water partition coefficient (Wildman–Crippen LogP) is 3.32. The van der Waals surface area contributed by atoms with Gasteiger partial charge in [0.2, 0.25) is 5.91 Å². The van der Waals surface area contributed by atoms with Gasteiger partial charge >= 0.3 is 0 Å². The lowest BCUT2D eigenvalue weighted by Crippen LogP contribution is -2.42. The van der Waals surface area contributed by atoms with E-state index in [2.05, 4.69) is 25.5 Å². The van der Waals surface area contributed by atoms with Crippen LogP contribution < -0.4 is 15.5 Å². The van der Waals surface area contributed by atoms with Crippen LogP contribution in [0.2, 0.25) is 0 Å². The summed E-state index contributed by atoms with van der Waals surface area (Å²) in [5.74, 6) is 0.457. The molecule has 2 aliphatic heterocycles. The summed E-state index contributed by atoms with van der Waals surface area (Å²) < 4.78 is 30.1. The third kappa shape index (κ3) is 5.31. The van der Waals surface area contributed by atoms with Crippen molar-refractivity contribution in [1.82, 2.24) is 15.0 Å². The Kier molecular flexibility index (Phi) is 6.35. The largest absolute Gasteiger partial charge is 0.371 e. The average molecular weight is 509 g/mol. The predicted molar refractivity (Wildman–Crippen MR) is 137 cm³/mol. The van der Waals surface area contributed by atoms with Crippen molar-refractivity contribution in [3.63, 3.8) is 0 Å². The van der Waals surface area contributed by atoms with Crippen molar-refractivity contribution < 1.29 is 17.9 Å². The van der Waals surface area contributed by atoms with Crippen molar-refractivity contribution in [2.24, 2.45) is 0 Å². The molecule has 2 atom stereocenters. The smallest absolute Gasteiger partial charge is 0.222 e. The van der Waals surface area contributed by atoms with Crippen molar-refractivity contribution in [2.75, 3.05) is 34.9 Å². The standard InChI is InChI=1S/C25H28N6O4S/c1-15-8-24(30-25(9-15)36(3,33)34)29-22-10-23(28-16(2)32)27-12-20(22)21-7-4-17(11-26-21)31-13-18-5-6-19(14-31)35-18/h4,7-12,18-19H,5-6,13-14H2,1-3H3,(H2,27,28,29,30,32). The number of carbonyl (C=O) groups excluding carboxylic acids is 1. The Balaban J connectivity index is 1.48. The van der Waals surface area contributed by atoms with Crippen LogP contribution in [0.4, 0.5) is 23.0 Å². The second kappa shape index (κ2) is 9.47. The Morgan fingerprint density at radius 2 is 1.81 bits per heavy atom. The van der Waals surface area contributed by atoms with E-state index < -0.39 is 9.84 Å². The fraction of sp³-hybridized carbons (Fsp3) is 0.360. The number of hydrogen-bond acceptors (Lipinski definition) is 9. The van der Waals surface area contributed by atoms with E-state index in [0.29, 0.717) is 28.6 Å². The summed E-state index contributed by atoms with van der Waals surface area (Å²) in [5.41, 5.74) is 3.72. The van der Waals surface area contributed by atoms with Crippen molar-refractivity contribution in [1.29, 1.82) is 0 Å². The van der Waals surface area contributed by atoms with Crippen LogP contribution in [0.3, 0.4) is 0 Å². The molecule has 5 rings (SSSR count). The van der Waals surface area contributed by atoms with Gasteiger partial charge in [-0.15, -0.1) is 0 Å². The molecule has 2 unspecified atom stereocenters. The van der Waals surface area contributed by atoms with Crippen LogP contribution in [0.5, 0.6) is 0 Å². The topological polar surface area (TPSA) is 126 Å². The van der Waals surface area contributed by atoms with Gasteiger partial charge in [0.25, 0.3) is 0 Å². The van der Waals surface area contributed by atoms with E-state index in [9.17, 15) is 13.2 Å². The third-order valence-electron chi connectivity index (χ3n) is 6.23. The van der Waals surface area contributed by atoms with Gasteiger partial charge < -0.3 is 20.3 Å². The molecular weight excluding hydrogens is 480 g/mol. The fourth-order valence-electron chi connectivity index (χ4n) is 4.60. The number of pyridine rings is 3. The van der Waals surface area contributed by atoms with Gasteiger partial charge in [-0.25, -0.2) is 18.4 Å². The van der Waals surface area contributed by atoms with E-state index in [-0.39, 0.29) is 23.1 Å². The van der Waals surface area contributed by atoms with E-state index in [1.54, 1.807) is 25.3 Å². The first-order chi connectivity index (χ1) is 17.1. The Labute approximate surface area is 210 Å². The summed E-state index contributed by atoms with van der Waals surface area (Å²) in [5, 5.41) is 5.86. The highest BCUT2D eigenvalue weighted by molar-refractivity contribution is 7.90. The molecule has 2 bridgehead atoms. The molecule has 2 saturated heterocycles. The molecule has 1 amide bonds. The fourth-order valence-corrected chi connectivity index (χ4v) is 5.26. The third-order valence-corrected chi connectivity index (χ3v) is 7.20. The maximum Gasteiger partial charge on any atom is 0.222 e. The van der Waals surface area contributed by atoms with E-state index in [1.807, 2.05) is 18.3 Å². The molecule has 2 aliphatic rings. The van der Waals surface area contributed by atoms with E-state index in [1.165, 1.54) is 13.0 Å². The van der Waals surface area contributed by atoms with Crippen molar-refractivity contribution >= 4 is 38.8 Å². The first kappa shape index (κ1) is 24.1. The number of ether oxygens (including phenoxy) is 1. The van der Waals surface area contributed by atoms with Gasteiger partial charge in [-0.3, -0.25) is 9.78 Å². The molecule has 0 aliphatic carbocycles. The van der Waals surface area contributed by atoms with Crippen LogP contribution in [0, 0.1) is 6.92 Å². The van der Waals surface area contributed by atoms with Crippen LogP contribution in [-0.2, 0) is 19.4 Å². The molecular formula is C25H28N6O4S. The van der Waals surface area contributed by atoms with Crippen molar-refractivity contribution in [2.45, 2.75) is 43.9 Å². The lowest BCUT2D eigenvalue weighted by molar-refractivity contribution is -0.114. The highest BCUT2D eigenvalue weighted by Crippen LogP contribution is 2.33. The summed E-state index contributed by atoms with van der Waals surface area (Å²) in [6.07, 6.45) is 7.35. The van der Waals surface area contributed by atoms with E-state index in [0.717, 1.165) is 43.4 Å². The van der Waals surface area contributed by atoms with Crippen LogP contribution in [0.1, 0.15) is 25.3 Å². The molecule has 11 heteroatoms. The number of fused-ring (bicyclic) bond motifs is 2. The zero-order chi connectivity index (χ0) is 25.4. The normalized spacial score (nSPS) is 19.2. The first-order valence-electron chi connectivity index (χ1n) is 11.7. The quantitative estimate of drug-likeness (QED) is 0.515. The van der Waals surface area contributed by atoms with Crippen molar-refractivity contribution in [3.8, 4) is 11.3 Å². The van der Waals surface area contributed by atoms with Gasteiger partial charge in [0, 0.05) is 44.1 Å². The monoisotopic (exact) mass is 508 g/mol. The minimum absolute atomic E-state index is 0.0235. The number of rotatable bonds is 6. The maximum absolute atomic E-state index is 12.1. The van der Waals surface area contributed by atoms with Gasteiger partial charge in [-0.05, 0) is 49.6 Å². The summed E-state index contributed by atoms with van der Waals surface area (Å²) in [4.78, 5) is 27.2. The van der Waals surface area contributed by atoms with Gasteiger partial charge in [-0.1, -0.05) is 0 Å². The zero-order valence-corrected chi connectivity index (χ0v) is 21.2. The molecule has 10 nitrogen and oxygen atoms in total. The molecule has 3 aromatic heterocycles. The number of nitrogens with zero attached hydrogens (tertiary/aromatic N) is 4. The number of carbonyl (C=O) groups is 1. The highest BCUT2D eigenvalue weighted by atomic mass is 32.2. The van der Waals surface area contributed by atoms with Crippen molar-refractivity contribution in [3.05, 3.63) is 48.3 Å². The van der Waals surface area contributed by atoms with Crippen LogP contribution >= 0.6 is 0 Å². The molecule has 36 heavy (non-hydrogen) atoms. The minimum Gasteiger partial charge on any atom is -0.371 e. The number of anilines is 4. The summed E-state index contributed by atoms with van der Waals surface area (Å²) in [6, 6.07) is 8.91. The second-order valence-electron chi connectivity index (χ2n) is 9.33. The van der Waals surface area contributed by atoms with Gasteiger partial charge in [0.15, 0.2) is 14.9 Å². The molecule has 2 fully saturated rings. The Bertz CT molecular complexity index is 1400. The minimum atomic E-state index is -3.49. The summed E-state index contributed by atoms with van der Waals surface area (Å²) in [6.45, 7) is 4.93. The lowest BCUT2D eigenvalue weighted by Gasteiger charge is -2.33. The lowest BCUT2D eigenvalue weighted by atomic mass is 10.1. The number of aryl methyl sites for hydroxylation is 1. The van der Waals surface area contributed by atoms with Gasteiger partial charge in [-0.2, -0.15) is 0 Å². The molecule has 0 aromatic carbocycles. The number of amides is 1. The van der Waals surface area contributed by atoms with Crippen LogP contribution in [0.25, 0.3) is 11.3 Å². The highest BCUT2D eigenvalue weighted by Gasteiger charge is 2.33. The number of hydrogen-bond donors (Lipinski definition) is 2. The Morgan fingerprint density at radius 1 is 1.06 bits per heavy atom. The number of aromatic nitrogens is 3. The second-order valence-corrected chi connectivity index (χ2v) is 11.3. The van der Waals surface area contributed by atoms with E-state index >= 15 is 0 Å². The number of morpholine rings is 1. The number of sulfone groups is 1. The number of nitrogens with one attached hydrogen (secondary N) is 2. The van der Waals surface area contributed by atoms with Crippen LogP contribution in [0.15, 0.2) is 47.8 Å². The molecule has 0 radical (unpaired) electrons. The summed E-state index contributed by atoms with van der Waals surface area (Å²) >= 11 is 0. The molecule has 188 valence electrons. The van der Waals surface area contributed by atoms with E-state index in [4.69, 9.17) is 9.72 Å². The molecule has 0 spiro atoms. The molecule has 3 aromatic rings. The zero-order valence-electron chi connectivity index (χ0n) is 20.4. The average Bonchev–Trinajstić information content (AvgIpc) is 3.15. The summed E-state index contributed by atoms with van der Waals surface area (Å²) in [7, 11) is -3.49. The SMILES string of the molecule is CC(=O)Nc1cc(Nc2cc(C)cc(S(C)(=O)=O)n2)c(-c2ccc(N3CC4CCC(C3)O4)cn2)cn1. The van der Waals surface area contributed by atoms with Gasteiger partial charge in [0.05, 0.1) is 35.5 Å². The molecule has 0 saturated carbocycles. The first-order valence-corrected chi connectivity index (χ1v) is 13.6. The van der Waals surface area contributed by atoms with Crippen LogP contribution in [-0.4, -0.2) is 60.8 Å². The molecule has 2 N–H and O–H groups in total. The maximum atomic E-state index is 12.1. The Morgan fingerprint density at radius 3 is 2.44 bits per heavy atom. The molecule has 5 heterocycles. The Hall–Kier alpha value is -3.57. The van der Waals surface area contributed by atoms with Gasteiger partial charge in [0.1, 0.15) is 11.6 Å².